The molecule has 1 aliphatic rings. The van der Waals surface area contributed by atoms with Gasteiger partial charge in [0, 0.05) is 11.9 Å². The summed E-state index contributed by atoms with van der Waals surface area (Å²) in [6.45, 7) is 1.63. The Kier molecular flexibility index (Phi) is 3.08. The second-order valence-electron chi connectivity index (χ2n) is 3.41. The Morgan fingerprint density at radius 3 is 2.82 bits per heavy atom. The average Bonchev–Trinajstić information content (AvgIpc) is 2.95. The zero-order valence-electron chi connectivity index (χ0n) is 8.73. The third kappa shape index (κ3) is 1.97. The van der Waals surface area contributed by atoms with Crippen LogP contribution in [0.3, 0.4) is 0 Å². The quantitative estimate of drug-likeness (QED) is 0.918. The maximum Gasteiger partial charge on any atom is 0.187 e. The molecular weight excluding hydrogens is 324 g/mol. The van der Waals surface area contributed by atoms with Crippen molar-refractivity contribution in [3.63, 3.8) is 0 Å². The van der Waals surface area contributed by atoms with Crippen molar-refractivity contribution in [2.24, 2.45) is 5.73 Å². The van der Waals surface area contributed by atoms with Crippen LogP contribution in [0.2, 0.25) is 0 Å². The van der Waals surface area contributed by atoms with Gasteiger partial charge < -0.3 is 15.2 Å². The molecular formula is C10H9BrN2O2S2. The van der Waals surface area contributed by atoms with Gasteiger partial charge in [-0.1, -0.05) is 0 Å². The van der Waals surface area contributed by atoms with Crippen molar-refractivity contribution in [1.82, 2.24) is 4.98 Å². The van der Waals surface area contributed by atoms with Crippen molar-refractivity contribution in [3.8, 4) is 21.4 Å². The van der Waals surface area contributed by atoms with Crippen molar-refractivity contribution in [2.45, 2.75) is 6.54 Å². The lowest BCUT2D eigenvalue weighted by atomic mass is 10.4. The number of nitrogens with two attached hydrogens (primary N) is 1. The van der Waals surface area contributed by atoms with Crippen LogP contribution in [0.5, 0.6) is 11.5 Å². The summed E-state index contributed by atoms with van der Waals surface area (Å²) in [6, 6.07) is 0. The van der Waals surface area contributed by atoms with E-state index in [9.17, 15) is 0 Å². The van der Waals surface area contributed by atoms with E-state index < -0.39 is 0 Å². The second-order valence-corrected chi connectivity index (χ2v) is 6.60. The predicted octanol–water partition coefficient (Wildman–Crippen LogP) is 2.86. The molecule has 0 unspecified atom stereocenters. The number of nitrogens with zero attached hydrogens (tertiary/aromatic N) is 1. The number of ether oxygens (including phenoxy) is 2. The van der Waals surface area contributed by atoms with Gasteiger partial charge in [0.05, 0.1) is 5.69 Å². The molecule has 1 aliphatic heterocycles. The van der Waals surface area contributed by atoms with Crippen LogP contribution in [0.25, 0.3) is 9.88 Å². The van der Waals surface area contributed by atoms with Crippen LogP contribution in [0.15, 0.2) is 9.17 Å². The van der Waals surface area contributed by atoms with Crippen molar-refractivity contribution in [1.29, 1.82) is 0 Å². The van der Waals surface area contributed by atoms with Crippen LogP contribution in [-0.4, -0.2) is 18.2 Å². The number of halogens is 1. The first kappa shape index (κ1) is 11.5. The largest absolute Gasteiger partial charge is 0.484 e. The van der Waals surface area contributed by atoms with Gasteiger partial charge in [0.25, 0.3) is 0 Å². The summed E-state index contributed by atoms with van der Waals surface area (Å²) in [7, 11) is 0. The molecule has 7 heteroatoms. The number of hydrogen-bond donors (Lipinski definition) is 1. The van der Waals surface area contributed by atoms with Gasteiger partial charge in [-0.3, -0.25) is 0 Å². The molecule has 0 fully saturated rings. The molecule has 0 amide bonds. The lowest BCUT2D eigenvalue weighted by molar-refractivity contribution is 0.173. The Balaban J connectivity index is 2.08. The van der Waals surface area contributed by atoms with E-state index in [0.29, 0.717) is 19.8 Å². The molecule has 2 aromatic heterocycles. The van der Waals surface area contributed by atoms with Gasteiger partial charge in [0.15, 0.2) is 11.5 Å². The molecule has 0 aliphatic carbocycles. The van der Waals surface area contributed by atoms with Crippen molar-refractivity contribution in [2.75, 3.05) is 13.2 Å². The van der Waals surface area contributed by atoms with Crippen molar-refractivity contribution >= 4 is 38.6 Å². The van der Waals surface area contributed by atoms with Crippen LogP contribution in [0, 0.1) is 0 Å². The Hall–Kier alpha value is -0.630. The van der Waals surface area contributed by atoms with E-state index in [0.717, 1.165) is 30.9 Å². The van der Waals surface area contributed by atoms with E-state index >= 15 is 0 Å². The summed E-state index contributed by atoms with van der Waals surface area (Å²) in [5.74, 6) is 1.59. The summed E-state index contributed by atoms with van der Waals surface area (Å²) < 4.78 is 12.2. The zero-order chi connectivity index (χ0) is 11.8. The normalized spacial score (nSPS) is 14.0. The molecule has 2 N–H and O–H groups in total. The fourth-order valence-corrected chi connectivity index (χ4v) is 4.18. The average molecular weight is 333 g/mol. The molecule has 0 spiro atoms. The van der Waals surface area contributed by atoms with Gasteiger partial charge in [0.1, 0.15) is 26.9 Å². The molecule has 0 saturated carbocycles. The molecule has 0 aromatic carbocycles. The molecule has 17 heavy (non-hydrogen) atoms. The highest BCUT2D eigenvalue weighted by molar-refractivity contribution is 9.11. The summed E-state index contributed by atoms with van der Waals surface area (Å²) >= 11 is 6.65. The van der Waals surface area contributed by atoms with Crippen LogP contribution >= 0.6 is 38.6 Å². The van der Waals surface area contributed by atoms with E-state index in [-0.39, 0.29) is 0 Å². The maximum absolute atomic E-state index is 5.66. The maximum atomic E-state index is 5.66. The van der Waals surface area contributed by atoms with Crippen LogP contribution in [-0.2, 0) is 6.54 Å². The molecule has 3 rings (SSSR count). The summed E-state index contributed by atoms with van der Waals surface area (Å²) in [6.07, 6.45) is 0. The van der Waals surface area contributed by atoms with Gasteiger partial charge in [-0.05, 0) is 15.9 Å². The Morgan fingerprint density at radius 1 is 1.35 bits per heavy atom. The monoisotopic (exact) mass is 332 g/mol. The molecule has 0 saturated heterocycles. The first-order valence-corrected chi connectivity index (χ1v) is 7.51. The standard InChI is InChI=1S/C10H9BrN2O2S2/c11-9-7-6(14-1-2-15-7)8(17-9)10-13-5(3-12)4-16-10/h4H,1-3,12H2. The molecule has 0 atom stereocenters. The minimum Gasteiger partial charge on any atom is -0.484 e. The molecule has 4 nitrogen and oxygen atoms in total. The van der Waals surface area contributed by atoms with E-state index in [4.69, 9.17) is 15.2 Å². The minimum atomic E-state index is 0.461. The third-order valence-electron chi connectivity index (χ3n) is 2.31. The summed E-state index contributed by atoms with van der Waals surface area (Å²) in [5.41, 5.74) is 6.47. The molecule has 0 bridgehead atoms. The van der Waals surface area contributed by atoms with Crippen molar-refractivity contribution in [3.05, 3.63) is 14.9 Å². The topological polar surface area (TPSA) is 57.4 Å². The molecule has 2 aromatic rings. The predicted molar refractivity (Wildman–Crippen MR) is 72.0 cm³/mol. The van der Waals surface area contributed by atoms with E-state index in [1.54, 1.807) is 22.7 Å². The fraction of sp³-hybridized carbons (Fsp3) is 0.300. The van der Waals surface area contributed by atoms with Gasteiger partial charge in [-0.2, -0.15) is 0 Å². The van der Waals surface area contributed by atoms with Gasteiger partial charge in [-0.25, -0.2) is 4.98 Å². The van der Waals surface area contributed by atoms with E-state index in [2.05, 4.69) is 20.9 Å². The zero-order valence-corrected chi connectivity index (χ0v) is 12.0. The van der Waals surface area contributed by atoms with Gasteiger partial charge in [-0.15, -0.1) is 22.7 Å². The minimum absolute atomic E-state index is 0.461. The molecule has 0 radical (unpaired) electrons. The fourth-order valence-electron chi connectivity index (χ4n) is 1.56. The van der Waals surface area contributed by atoms with E-state index in [1.165, 1.54) is 0 Å². The first-order chi connectivity index (χ1) is 8.29. The van der Waals surface area contributed by atoms with Crippen LogP contribution < -0.4 is 15.2 Å². The van der Waals surface area contributed by atoms with Crippen LogP contribution in [0.1, 0.15) is 5.69 Å². The van der Waals surface area contributed by atoms with Gasteiger partial charge in [0.2, 0.25) is 0 Å². The highest BCUT2D eigenvalue weighted by Crippen LogP contribution is 2.52. The van der Waals surface area contributed by atoms with E-state index in [1.807, 2.05) is 5.38 Å². The van der Waals surface area contributed by atoms with Crippen molar-refractivity contribution < 1.29 is 9.47 Å². The summed E-state index contributed by atoms with van der Waals surface area (Å²) in [5, 5.41) is 2.90. The molecule has 90 valence electrons. The SMILES string of the molecule is NCc1csc(-c2sc(Br)c3c2OCCO3)n1. The smallest absolute Gasteiger partial charge is 0.187 e. The second kappa shape index (κ2) is 4.56. The lowest BCUT2D eigenvalue weighted by Crippen LogP contribution is -2.14. The number of fused-ring (bicyclic) bond motifs is 1. The number of rotatable bonds is 2. The number of thiophene rings is 1. The number of aromatic nitrogens is 1. The highest BCUT2D eigenvalue weighted by Gasteiger charge is 2.25. The Bertz CT molecular complexity index is 552. The number of hydrogen-bond acceptors (Lipinski definition) is 6. The Morgan fingerprint density at radius 2 is 2.12 bits per heavy atom. The Labute approximate surface area is 115 Å². The van der Waals surface area contributed by atoms with Gasteiger partial charge >= 0.3 is 0 Å². The first-order valence-electron chi connectivity index (χ1n) is 5.02. The third-order valence-corrected chi connectivity index (χ3v) is 5.14. The number of thiazole rings is 1. The van der Waals surface area contributed by atoms with Crippen LogP contribution in [0.4, 0.5) is 0 Å². The lowest BCUT2D eigenvalue weighted by Gasteiger charge is -2.15. The highest BCUT2D eigenvalue weighted by atomic mass is 79.9. The molecule has 3 heterocycles. The summed E-state index contributed by atoms with van der Waals surface area (Å²) in [4.78, 5) is 5.48.